The summed E-state index contributed by atoms with van der Waals surface area (Å²) in [7, 11) is 0. The van der Waals surface area contributed by atoms with Crippen molar-refractivity contribution in [2.75, 3.05) is 11.9 Å². The van der Waals surface area contributed by atoms with Crippen LogP contribution in [0.4, 0.5) is 11.4 Å². The van der Waals surface area contributed by atoms with Crippen molar-refractivity contribution in [1.82, 2.24) is 0 Å². The van der Waals surface area contributed by atoms with E-state index in [9.17, 15) is 24.8 Å². The molecule has 158 valence electrons. The van der Waals surface area contributed by atoms with Crippen molar-refractivity contribution in [3.8, 4) is 0 Å². The van der Waals surface area contributed by atoms with Crippen LogP contribution in [0.15, 0.2) is 60.7 Å². The van der Waals surface area contributed by atoms with Gasteiger partial charge in [-0.05, 0) is 49.5 Å². The Balaban J connectivity index is 1.96. The van der Waals surface area contributed by atoms with Gasteiger partial charge < -0.3 is 16.2 Å². The lowest BCUT2D eigenvalue weighted by Gasteiger charge is -2.21. The summed E-state index contributed by atoms with van der Waals surface area (Å²) in [5.74, 6) is -2.09. The zero-order chi connectivity index (χ0) is 22.1. The monoisotopic (exact) mass is 411 g/mol. The van der Waals surface area contributed by atoms with Crippen molar-refractivity contribution in [1.29, 1.82) is 0 Å². The summed E-state index contributed by atoms with van der Waals surface area (Å²) >= 11 is 0. The highest BCUT2D eigenvalue weighted by atomic mass is 16.6. The number of allylic oxidation sites excluding steroid dienone is 1. The molecule has 0 fully saturated rings. The molecule has 1 atom stereocenters. The smallest absolute Gasteiger partial charge is 0.331 e. The summed E-state index contributed by atoms with van der Waals surface area (Å²) in [5.41, 5.74) is 5.97. The lowest BCUT2D eigenvalue weighted by molar-refractivity contribution is -0.384. The molecule has 2 rings (SSSR count). The third-order valence-electron chi connectivity index (χ3n) is 4.70. The van der Waals surface area contributed by atoms with Gasteiger partial charge in [-0.25, -0.2) is 4.79 Å². The van der Waals surface area contributed by atoms with E-state index in [2.05, 4.69) is 5.32 Å². The highest BCUT2D eigenvalue weighted by Gasteiger charge is 2.39. The van der Waals surface area contributed by atoms with Crippen molar-refractivity contribution < 1.29 is 19.6 Å². The number of aliphatic carboxylic acids is 1. The fraction of sp³-hybridized carbons (Fsp3) is 0.273. The summed E-state index contributed by atoms with van der Waals surface area (Å²) in [6.45, 7) is 2.04. The van der Waals surface area contributed by atoms with E-state index in [4.69, 9.17) is 5.73 Å². The number of carbonyl (C=O) groups excluding carboxylic acids is 1. The molecule has 0 aliphatic heterocycles. The van der Waals surface area contributed by atoms with Crippen molar-refractivity contribution in [2.24, 2.45) is 5.73 Å². The zero-order valence-electron chi connectivity index (χ0n) is 16.7. The average Bonchev–Trinajstić information content (AvgIpc) is 2.71. The summed E-state index contributed by atoms with van der Waals surface area (Å²) < 4.78 is 0. The van der Waals surface area contributed by atoms with Crippen LogP contribution in [-0.2, 0) is 16.0 Å². The van der Waals surface area contributed by atoms with Crippen LogP contribution in [-0.4, -0.2) is 33.9 Å². The van der Waals surface area contributed by atoms with E-state index >= 15 is 0 Å². The molecule has 2 aromatic rings. The molecular weight excluding hydrogens is 386 g/mol. The van der Waals surface area contributed by atoms with Crippen molar-refractivity contribution in [2.45, 2.75) is 31.7 Å². The Bertz CT molecular complexity index is 943. The molecule has 0 spiro atoms. The van der Waals surface area contributed by atoms with Crippen LogP contribution in [0, 0.1) is 17.0 Å². The van der Waals surface area contributed by atoms with E-state index in [0.29, 0.717) is 12.1 Å². The van der Waals surface area contributed by atoms with Crippen LogP contribution in [0.3, 0.4) is 0 Å². The number of rotatable bonds is 11. The number of nitrogens with one attached hydrogen (secondary N) is 1. The highest BCUT2D eigenvalue weighted by Crippen LogP contribution is 2.25. The third kappa shape index (κ3) is 5.99. The van der Waals surface area contributed by atoms with Crippen molar-refractivity contribution in [3.63, 3.8) is 0 Å². The Morgan fingerprint density at radius 1 is 1.23 bits per heavy atom. The first-order chi connectivity index (χ1) is 14.2. The van der Waals surface area contributed by atoms with E-state index in [1.54, 1.807) is 18.2 Å². The predicted molar refractivity (Wildman–Crippen MR) is 114 cm³/mol. The van der Waals surface area contributed by atoms with Gasteiger partial charge in [-0.1, -0.05) is 42.5 Å². The summed E-state index contributed by atoms with van der Waals surface area (Å²) in [6, 6.07) is 14.1. The second-order valence-corrected chi connectivity index (χ2v) is 7.04. The molecule has 0 bridgehead atoms. The molecule has 0 unspecified atom stereocenters. The van der Waals surface area contributed by atoms with Gasteiger partial charge in [0.05, 0.1) is 4.92 Å². The molecule has 0 saturated carbocycles. The summed E-state index contributed by atoms with van der Waals surface area (Å²) in [5, 5.41) is 23.6. The Hall–Kier alpha value is -3.52. The first kappa shape index (κ1) is 22.8. The number of aryl methyl sites for hydroxylation is 1. The maximum absolute atomic E-state index is 12.4. The minimum Gasteiger partial charge on any atom is -0.480 e. The van der Waals surface area contributed by atoms with Crippen molar-refractivity contribution in [3.05, 3.63) is 81.9 Å². The largest absolute Gasteiger partial charge is 0.480 e. The molecule has 4 N–H and O–H groups in total. The molecule has 0 aliphatic rings. The van der Waals surface area contributed by atoms with E-state index < -0.39 is 22.2 Å². The van der Waals surface area contributed by atoms with Crippen LogP contribution in [0.1, 0.15) is 24.0 Å². The van der Waals surface area contributed by atoms with Gasteiger partial charge in [0.1, 0.15) is 5.69 Å². The second kappa shape index (κ2) is 10.3. The number of nitro benzene ring substituents is 1. The van der Waals surface area contributed by atoms with E-state index in [1.165, 1.54) is 12.1 Å². The van der Waals surface area contributed by atoms with Gasteiger partial charge in [-0.2, -0.15) is 0 Å². The van der Waals surface area contributed by atoms with Gasteiger partial charge in [-0.15, -0.1) is 0 Å². The number of ketones is 1. The molecule has 8 heteroatoms. The first-order valence-corrected chi connectivity index (χ1v) is 9.50. The fourth-order valence-corrected chi connectivity index (χ4v) is 2.94. The number of carboxylic acids is 1. The maximum atomic E-state index is 12.4. The lowest BCUT2D eigenvalue weighted by Crippen LogP contribution is -2.54. The molecular formula is C22H25N3O5. The molecule has 30 heavy (non-hydrogen) atoms. The zero-order valence-corrected chi connectivity index (χ0v) is 16.7. The molecule has 0 radical (unpaired) electrons. The predicted octanol–water partition coefficient (Wildman–Crippen LogP) is 3.25. The van der Waals surface area contributed by atoms with Gasteiger partial charge in [-0.3, -0.25) is 14.9 Å². The SMILES string of the molecule is Cc1ccc([N+](=O)[O-])c(NCCC[C@@](N)(C(=O)O)C(=O)/C=C/Cc2ccccc2)c1. The lowest BCUT2D eigenvalue weighted by atomic mass is 9.89. The van der Waals surface area contributed by atoms with E-state index in [-0.39, 0.29) is 25.1 Å². The number of carboxylic acid groups (broad SMARTS) is 1. The number of nitrogens with two attached hydrogens (primary N) is 1. The summed E-state index contributed by atoms with van der Waals surface area (Å²) in [6.07, 6.45) is 3.42. The minimum absolute atomic E-state index is 0.0715. The van der Waals surface area contributed by atoms with Crippen LogP contribution in [0.25, 0.3) is 0 Å². The fourth-order valence-electron chi connectivity index (χ4n) is 2.94. The molecule has 0 aliphatic carbocycles. The normalized spacial score (nSPS) is 13.0. The number of benzene rings is 2. The first-order valence-electron chi connectivity index (χ1n) is 9.50. The Morgan fingerprint density at radius 2 is 1.93 bits per heavy atom. The van der Waals surface area contributed by atoms with E-state index in [1.807, 2.05) is 37.3 Å². The Morgan fingerprint density at radius 3 is 2.57 bits per heavy atom. The maximum Gasteiger partial charge on any atom is 0.331 e. The van der Waals surface area contributed by atoms with Gasteiger partial charge >= 0.3 is 5.97 Å². The molecule has 0 heterocycles. The number of nitro groups is 1. The van der Waals surface area contributed by atoms with Crippen LogP contribution in [0.2, 0.25) is 0 Å². The quantitative estimate of drug-likeness (QED) is 0.170. The molecule has 0 amide bonds. The number of carbonyl (C=O) groups is 2. The van der Waals surface area contributed by atoms with Crippen molar-refractivity contribution >= 4 is 23.1 Å². The van der Waals surface area contributed by atoms with Crippen LogP contribution in [0.5, 0.6) is 0 Å². The number of nitrogens with zero attached hydrogens (tertiary/aromatic N) is 1. The molecule has 2 aromatic carbocycles. The molecule has 0 saturated heterocycles. The van der Waals surface area contributed by atoms with Gasteiger partial charge in [0, 0.05) is 12.6 Å². The topological polar surface area (TPSA) is 136 Å². The van der Waals surface area contributed by atoms with Crippen LogP contribution >= 0.6 is 0 Å². The summed E-state index contributed by atoms with van der Waals surface area (Å²) in [4.78, 5) is 34.7. The van der Waals surface area contributed by atoms with Gasteiger partial charge in [0.25, 0.3) is 5.69 Å². The molecule has 0 aromatic heterocycles. The Labute approximate surface area is 174 Å². The standard InChI is InChI=1S/C22H25N3O5/c1-16-11-12-19(25(29)30)18(15-16)24-14-6-13-22(23,21(27)28)20(26)10-5-9-17-7-3-2-4-8-17/h2-5,7-8,10-12,15,24H,6,9,13-14,23H2,1H3,(H,27,28)/b10-5+/t22-/m0/s1. The third-order valence-corrected chi connectivity index (χ3v) is 4.70. The van der Waals surface area contributed by atoms with Gasteiger partial charge in [0.15, 0.2) is 11.3 Å². The Kier molecular flexibility index (Phi) is 7.83. The van der Waals surface area contributed by atoms with Crippen LogP contribution < -0.4 is 11.1 Å². The van der Waals surface area contributed by atoms with E-state index in [0.717, 1.165) is 11.1 Å². The number of hydrogen-bond acceptors (Lipinski definition) is 6. The average molecular weight is 411 g/mol. The number of anilines is 1. The molecule has 8 nitrogen and oxygen atoms in total. The number of hydrogen-bond donors (Lipinski definition) is 3. The second-order valence-electron chi connectivity index (χ2n) is 7.04. The minimum atomic E-state index is -2.05. The van der Waals surface area contributed by atoms with Gasteiger partial charge in [0.2, 0.25) is 0 Å². The highest BCUT2D eigenvalue weighted by molar-refractivity contribution is 6.12.